The summed E-state index contributed by atoms with van der Waals surface area (Å²) in [4.78, 5) is 22.2. The van der Waals surface area contributed by atoms with Crippen LogP contribution in [0.15, 0.2) is 42.5 Å². The van der Waals surface area contributed by atoms with Crippen molar-refractivity contribution < 1.29 is 9.18 Å². The quantitative estimate of drug-likeness (QED) is 0.698. The number of aryl methyl sites for hydroxylation is 2. The highest BCUT2D eigenvalue weighted by atomic mass is 19.1. The number of hydrogen-bond donors (Lipinski definition) is 1. The van der Waals surface area contributed by atoms with Gasteiger partial charge in [0.15, 0.2) is 0 Å². The Labute approximate surface area is 176 Å². The van der Waals surface area contributed by atoms with Gasteiger partial charge >= 0.3 is 0 Å². The first-order valence-corrected chi connectivity index (χ1v) is 10.4. The van der Waals surface area contributed by atoms with E-state index < -0.39 is 0 Å². The van der Waals surface area contributed by atoms with Gasteiger partial charge in [0.2, 0.25) is 0 Å². The molecule has 3 aromatic rings. The molecule has 1 aromatic heterocycles. The van der Waals surface area contributed by atoms with Gasteiger partial charge in [-0.3, -0.25) is 9.78 Å². The number of likely N-dealkylation sites (N-methyl/N-ethyl adjacent to an activating group) is 1. The van der Waals surface area contributed by atoms with Gasteiger partial charge < -0.3 is 15.1 Å². The number of rotatable bonds is 4. The fourth-order valence-corrected chi connectivity index (χ4v) is 4.11. The van der Waals surface area contributed by atoms with E-state index in [4.69, 9.17) is 0 Å². The molecular weight excluding hydrogens is 379 g/mol. The first-order chi connectivity index (χ1) is 14.4. The number of nitrogens with zero attached hydrogens (tertiary/aromatic N) is 3. The molecule has 5 nitrogen and oxygen atoms in total. The summed E-state index contributed by atoms with van der Waals surface area (Å²) in [6.07, 6.45) is 0. The van der Waals surface area contributed by atoms with Gasteiger partial charge in [-0.05, 0) is 62.4 Å². The van der Waals surface area contributed by atoms with Crippen LogP contribution in [-0.4, -0.2) is 48.5 Å². The smallest absolute Gasteiger partial charge is 0.256 e. The lowest BCUT2D eigenvalue weighted by atomic mass is 10.1. The van der Waals surface area contributed by atoms with E-state index in [-0.39, 0.29) is 11.7 Å². The lowest BCUT2D eigenvalue weighted by molar-refractivity contribution is 0.102. The van der Waals surface area contributed by atoms with Crippen molar-refractivity contribution in [1.82, 2.24) is 9.88 Å². The minimum atomic E-state index is -0.363. The summed E-state index contributed by atoms with van der Waals surface area (Å²) in [5, 5.41) is 3.63. The molecule has 6 heteroatoms. The van der Waals surface area contributed by atoms with Crippen LogP contribution in [0, 0.1) is 19.7 Å². The molecule has 2 heterocycles. The van der Waals surface area contributed by atoms with Gasteiger partial charge in [0, 0.05) is 54.7 Å². The molecular formula is C24H27FN4O. The Morgan fingerprint density at radius 3 is 2.53 bits per heavy atom. The molecule has 2 aromatic carbocycles. The minimum Gasteiger partial charge on any atom is -0.369 e. The number of carbonyl (C=O) groups excluding carboxylic acids is 1. The van der Waals surface area contributed by atoms with Crippen LogP contribution in [-0.2, 0) is 0 Å². The third-order valence-electron chi connectivity index (χ3n) is 5.76. The molecule has 0 saturated carbocycles. The fraction of sp³-hybridized carbons (Fsp3) is 0.333. The Morgan fingerprint density at radius 1 is 1.07 bits per heavy atom. The van der Waals surface area contributed by atoms with Crippen molar-refractivity contribution in [3.05, 3.63) is 65.1 Å². The summed E-state index contributed by atoms with van der Waals surface area (Å²) < 4.78 is 13.6. The molecule has 4 rings (SSSR count). The molecule has 1 fully saturated rings. The molecule has 0 atom stereocenters. The van der Waals surface area contributed by atoms with Crippen LogP contribution in [0.5, 0.6) is 0 Å². The van der Waals surface area contributed by atoms with Crippen LogP contribution >= 0.6 is 0 Å². The molecule has 1 N–H and O–H groups in total. The highest BCUT2D eigenvalue weighted by Gasteiger charge is 2.18. The van der Waals surface area contributed by atoms with Crippen molar-refractivity contribution >= 4 is 28.2 Å². The van der Waals surface area contributed by atoms with Gasteiger partial charge in [-0.15, -0.1) is 0 Å². The largest absolute Gasteiger partial charge is 0.369 e. The summed E-state index contributed by atoms with van der Waals surface area (Å²) >= 11 is 0. The van der Waals surface area contributed by atoms with Gasteiger partial charge in [-0.1, -0.05) is 6.92 Å². The number of piperazine rings is 1. The third kappa shape index (κ3) is 4.14. The molecule has 1 aliphatic heterocycles. The minimum absolute atomic E-state index is 0.221. The van der Waals surface area contributed by atoms with Crippen molar-refractivity contribution in [1.29, 1.82) is 0 Å². The normalized spacial score (nSPS) is 14.9. The van der Waals surface area contributed by atoms with Crippen molar-refractivity contribution in [3.63, 3.8) is 0 Å². The second kappa shape index (κ2) is 8.40. The topological polar surface area (TPSA) is 48.5 Å². The lowest BCUT2D eigenvalue weighted by Gasteiger charge is -2.36. The van der Waals surface area contributed by atoms with Crippen LogP contribution in [0.2, 0.25) is 0 Å². The van der Waals surface area contributed by atoms with E-state index in [1.807, 2.05) is 12.1 Å². The van der Waals surface area contributed by atoms with Crippen LogP contribution in [0.1, 0.15) is 28.5 Å². The number of hydrogen-bond acceptors (Lipinski definition) is 4. The maximum Gasteiger partial charge on any atom is 0.256 e. The second-order valence-electron chi connectivity index (χ2n) is 7.85. The van der Waals surface area contributed by atoms with Crippen LogP contribution in [0.25, 0.3) is 10.9 Å². The molecule has 1 amide bonds. The SMILES string of the molecule is CCN1CCN(c2ccc(NC(=O)c3cc(C)nc4cc(F)ccc34)cc2C)CC1. The summed E-state index contributed by atoms with van der Waals surface area (Å²) in [5.41, 5.74) is 4.75. The average Bonchev–Trinajstić information content (AvgIpc) is 2.73. The van der Waals surface area contributed by atoms with Crippen LogP contribution in [0.3, 0.4) is 0 Å². The summed E-state index contributed by atoms with van der Waals surface area (Å²) in [6, 6.07) is 12.1. The molecule has 0 radical (unpaired) electrons. The van der Waals surface area contributed by atoms with Crippen molar-refractivity contribution in [2.45, 2.75) is 20.8 Å². The van der Waals surface area contributed by atoms with Gasteiger partial charge in [0.05, 0.1) is 11.1 Å². The van der Waals surface area contributed by atoms with Crippen molar-refractivity contribution in [2.24, 2.45) is 0 Å². The summed E-state index contributed by atoms with van der Waals surface area (Å²) in [6.45, 7) is 11.3. The van der Waals surface area contributed by atoms with Crippen LogP contribution < -0.4 is 10.2 Å². The molecule has 0 unspecified atom stereocenters. The van der Waals surface area contributed by atoms with E-state index in [0.717, 1.165) is 44.0 Å². The predicted octanol–water partition coefficient (Wildman–Crippen LogP) is 4.38. The number of halogens is 1. The summed E-state index contributed by atoms with van der Waals surface area (Å²) in [7, 11) is 0. The number of fused-ring (bicyclic) bond motifs is 1. The first kappa shape index (κ1) is 20.3. The Balaban J connectivity index is 1.54. The molecule has 1 aliphatic rings. The van der Waals surface area contributed by atoms with Gasteiger partial charge in [-0.25, -0.2) is 4.39 Å². The first-order valence-electron chi connectivity index (χ1n) is 10.4. The number of aromatic nitrogens is 1. The third-order valence-corrected chi connectivity index (χ3v) is 5.76. The van der Waals surface area contributed by atoms with E-state index in [0.29, 0.717) is 22.2 Å². The standard InChI is InChI=1S/C24H27FN4O/c1-4-28-9-11-29(12-10-28)23-8-6-19(13-16(23)2)27-24(30)21-14-17(3)26-22-15-18(25)5-7-20(21)22/h5-8,13-15H,4,9-12H2,1-3H3,(H,27,30). The van der Waals surface area contributed by atoms with E-state index in [2.05, 4.69) is 40.0 Å². The molecule has 1 saturated heterocycles. The summed E-state index contributed by atoms with van der Waals surface area (Å²) in [5.74, 6) is -0.584. The van der Waals surface area contributed by atoms with Gasteiger partial charge in [0.25, 0.3) is 5.91 Å². The molecule has 30 heavy (non-hydrogen) atoms. The van der Waals surface area contributed by atoms with Crippen LogP contribution in [0.4, 0.5) is 15.8 Å². The van der Waals surface area contributed by atoms with Gasteiger partial charge in [0.1, 0.15) is 5.82 Å². The maximum atomic E-state index is 13.6. The number of nitrogens with one attached hydrogen (secondary N) is 1. The fourth-order valence-electron chi connectivity index (χ4n) is 4.11. The molecule has 156 valence electrons. The Morgan fingerprint density at radius 2 is 1.83 bits per heavy atom. The Hall–Kier alpha value is -2.99. The van der Waals surface area contributed by atoms with Crippen molar-refractivity contribution in [3.8, 4) is 0 Å². The lowest BCUT2D eigenvalue weighted by Crippen LogP contribution is -2.46. The van der Waals surface area contributed by atoms with E-state index in [1.54, 1.807) is 19.1 Å². The number of anilines is 2. The highest BCUT2D eigenvalue weighted by Crippen LogP contribution is 2.26. The zero-order valence-corrected chi connectivity index (χ0v) is 17.7. The number of pyridine rings is 1. The maximum absolute atomic E-state index is 13.6. The monoisotopic (exact) mass is 406 g/mol. The average molecular weight is 407 g/mol. The van der Waals surface area contributed by atoms with E-state index in [1.165, 1.54) is 17.8 Å². The van der Waals surface area contributed by atoms with Crippen molar-refractivity contribution in [2.75, 3.05) is 42.9 Å². The highest BCUT2D eigenvalue weighted by molar-refractivity contribution is 6.12. The molecule has 0 aliphatic carbocycles. The Kier molecular flexibility index (Phi) is 5.68. The zero-order valence-electron chi connectivity index (χ0n) is 17.7. The Bertz CT molecular complexity index is 1080. The molecule has 0 spiro atoms. The predicted molar refractivity (Wildman–Crippen MR) is 120 cm³/mol. The zero-order chi connectivity index (χ0) is 21.3. The van der Waals surface area contributed by atoms with E-state index in [9.17, 15) is 9.18 Å². The second-order valence-corrected chi connectivity index (χ2v) is 7.85. The van der Waals surface area contributed by atoms with Gasteiger partial charge in [-0.2, -0.15) is 0 Å². The number of benzene rings is 2. The molecule has 0 bridgehead atoms. The number of carbonyl (C=O) groups is 1. The van der Waals surface area contributed by atoms with E-state index >= 15 is 0 Å². The number of amides is 1.